The topological polar surface area (TPSA) is 29.0 Å². The third-order valence-corrected chi connectivity index (χ3v) is 4.96. The Bertz CT molecular complexity index is 568. The van der Waals surface area contributed by atoms with E-state index in [0.29, 0.717) is 0 Å². The van der Waals surface area contributed by atoms with Gasteiger partial charge in [0.1, 0.15) is 16.5 Å². The molecule has 3 nitrogen and oxygen atoms in total. The molecule has 1 aliphatic rings. The van der Waals surface area contributed by atoms with Crippen LogP contribution >= 0.6 is 11.3 Å². The number of aromatic nitrogens is 2. The molecule has 1 aliphatic heterocycles. The average molecular weight is 275 g/mol. The highest BCUT2D eigenvalue weighted by atomic mass is 32.1. The molecule has 0 N–H and O–H groups in total. The van der Waals surface area contributed by atoms with Crippen LogP contribution < -0.4 is 4.90 Å². The fraction of sp³-hybridized carbons (Fsp3) is 0.600. The van der Waals surface area contributed by atoms with E-state index in [1.165, 1.54) is 41.8 Å². The summed E-state index contributed by atoms with van der Waals surface area (Å²) in [5.74, 6) is 2.07. The van der Waals surface area contributed by atoms with Gasteiger partial charge in [0.2, 0.25) is 0 Å². The molecule has 1 fully saturated rings. The van der Waals surface area contributed by atoms with E-state index in [9.17, 15) is 0 Å². The summed E-state index contributed by atoms with van der Waals surface area (Å²) in [6.07, 6.45) is 6.37. The van der Waals surface area contributed by atoms with Crippen LogP contribution in [0.4, 0.5) is 5.82 Å². The van der Waals surface area contributed by atoms with Crippen molar-refractivity contribution >= 4 is 27.4 Å². The standard InChI is InChI=1S/C15H21N3S/c1-3-12-10-13-14(16-11(2)17-15(13)19-12)18-8-6-4-5-7-9-18/h10H,3-9H2,1-2H3. The van der Waals surface area contributed by atoms with E-state index in [1.54, 1.807) is 0 Å². The van der Waals surface area contributed by atoms with Crippen LogP contribution in [0.15, 0.2) is 6.07 Å². The molecule has 0 aromatic carbocycles. The molecule has 4 heteroatoms. The maximum absolute atomic E-state index is 4.74. The molecule has 0 radical (unpaired) electrons. The van der Waals surface area contributed by atoms with E-state index in [4.69, 9.17) is 4.98 Å². The fourth-order valence-electron chi connectivity index (χ4n) is 2.76. The molecular formula is C15H21N3S. The Morgan fingerprint density at radius 2 is 1.89 bits per heavy atom. The number of thiophene rings is 1. The van der Waals surface area contributed by atoms with Crippen molar-refractivity contribution in [3.8, 4) is 0 Å². The van der Waals surface area contributed by atoms with Crippen LogP contribution in [0, 0.1) is 6.92 Å². The molecule has 3 heterocycles. The first-order valence-electron chi connectivity index (χ1n) is 7.30. The van der Waals surface area contributed by atoms with Gasteiger partial charge in [-0.1, -0.05) is 19.8 Å². The highest BCUT2D eigenvalue weighted by Gasteiger charge is 2.17. The van der Waals surface area contributed by atoms with E-state index >= 15 is 0 Å². The second-order valence-corrected chi connectivity index (χ2v) is 6.40. The predicted molar refractivity (Wildman–Crippen MR) is 82.2 cm³/mol. The van der Waals surface area contributed by atoms with Crippen molar-refractivity contribution in [2.45, 2.75) is 46.0 Å². The maximum atomic E-state index is 4.74. The molecule has 0 aliphatic carbocycles. The highest BCUT2D eigenvalue weighted by Crippen LogP contribution is 2.32. The summed E-state index contributed by atoms with van der Waals surface area (Å²) in [5.41, 5.74) is 0. The van der Waals surface area contributed by atoms with Crippen LogP contribution in [-0.2, 0) is 6.42 Å². The molecule has 1 saturated heterocycles. The van der Waals surface area contributed by atoms with Gasteiger partial charge in [-0.3, -0.25) is 0 Å². The Morgan fingerprint density at radius 3 is 2.58 bits per heavy atom. The SMILES string of the molecule is CCc1cc2c(N3CCCCCC3)nc(C)nc2s1. The van der Waals surface area contributed by atoms with Gasteiger partial charge < -0.3 is 4.90 Å². The third kappa shape index (κ3) is 2.59. The number of aryl methyl sites for hydroxylation is 2. The average Bonchev–Trinajstić information content (AvgIpc) is 2.64. The van der Waals surface area contributed by atoms with Crippen molar-refractivity contribution in [1.29, 1.82) is 0 Å². The monoisotopic (exact) mass is 275 g/mol. The van der Waals surface area contributed by atoms with Gasteiger partial charge in [0, 0.05) is 18.0 Å². The van der Waals surface area contributed by atoms with Gasteiger partial charge in [0.25, 0.3) is 0 Å². The summed E-state index contributed by atoms with van der Waals surface area (Å²) in [6, 6.07) is 2.29. The van der Waals surface area contributed by atoms with E-state index in [1.807, 2.05) is 18.3 Å². The first-order valence-corrected chi connectivity index (χ1v) is 8.11. The normalized spacial score (nSPS) is 16.8. The zero-order valence-electron chi connectivity index (χ0n) is 11.8. The number of hydrogen-bond acceptors (Lipinski definition) is 4. The Labute approximate surface area is 118 Å². The van der Waals surface area contributed by atoms with Crippen molar-refractivity contribution in [2.24, 2.45) is 0 Å². The van der Waals surface area contributed by atoms with Gasteiger partial charge >= 0.3 is 0 Å². The molecule has 102 valence electrons. The van der Waals surface area contributed by atoms with E-state index in [0.717, 1.165) is 30.2 Å². The Hall–Kier alpha value is -1.16. The van der Waals surface area contributed by atoms with Gasteiger partial charge in [-0.15, -0.1) is 11.3 Å². The Balaban J connectivity index is 2.07. The van der Waals surface area contributed by atoms with Crippen molar-refractivity contribution in [3.05, 3.63) is 16.8 Å². The van der Waals surface area contributed by atoms with E-state index in [-0.39, 0.29) is 0 Å². The van der Waals surface area contributed by atoms with Crippen LogP contribution in [0.5, 0.6) is 0 Å². The lowest BCUT2D eigenvalue weighted by molar-refractivity contribution is 0.726. The molecule has 0 bridgehead atoms. The smallest absolute Gasteiger partial charge is 0.141 e. The van der Waals surface area contributed by atoms with Crippen LogP contribution in [0.1, 0.15) is 43.3 Å². The second kappa shape index (κ2) is 5.45. The van der Waals surface area contributed by atoms with Crippen molar-refractivity contribution in [3.63, 3.8) is 0 Å². The maximum Gasteiger partial charge on any atom is 0.141 e. The summed E-state index contributed by atoms with van der Waals surface area (Å²) < 4.78 is 0. The molecule has 2 aromatic heterocycles. The van der Waals surface area contributed by atoms with Crippen LogP contribution in [0.2, 0.25) is 0 Å². The molecule has 0 unspecified atom stereocenters. The molecule has 0 amide bonds. The van der Waals surface area contributed by atoms with Gasteiger partial charge in [-0.2, -0.15) is 0 Å². The molecule has 3 rings (SSSR count). The minimum absolute atomic E-state index is 0.899. The number of nitrogens with zero attached hydrogens (tertiary/aromatic N) is 3. The summed E-state index contributed by atoms with van der Waals surface area (Å²) in [6.45, 7) is 6.49. The summed E-state index contributed by atoms with van der Waals surface area (Å²) in [4.78, 5) is 14.4. The predicted octanol–water partition coefficient (Wildman–Crippen LogP) is 3.94. The lowest BCUT2D eigenvalue weighted by Crippen LogP contribution is -2.25. The van der Waals surface area contributed by atoms with Gasteiger partial charge in [0.05, 0.1) is 5.39 Å². The second-order valence-electron chi connectivity index (χ2n) is 5.28. The first-order chi connectivity index (χ1) is 9.28. The van der Waals surface area contributed by atoms with Crippen molar-refractivity contribution in [1.82, 2.24) is 9.97 Å². The largest absolute Gasteiger partial charge is 0.356 e. The van der Waals surface area contributed by atoms with Gasteiger partial charge in [0.15, 0.2) is 0 Å². The van der Waals surface area contributed by atoms with Crippen molar-refractivity contribution in [2.75, 3.05) is 18.0 Å². The van der Waals surface area contributed by atoms with Gasteiger partial charge in [-0.05, 0) is 32.3 Å². The first kappa shape index (κ1) is 12.9. The zero-order chi connectivity index (χ0) is 13.2. The number of fused-ring (bicyclic) bond motifs is 1. The Morgan fingerprint density at radius 1 is 1.16 bits per heavy atom. The molecule has 0 spiro atoms. The lowest BCUT2D eigenvalue weighted by Gasteiger charge is -2.22. The number of rotatable bonds is 2. The van der Waals surface area contributed by atoms with Crippen molar-refractivity contribution < 1.29 is 0 Å². The quantitative estimate of drug-likeness (QED) is 0.831. The summed E-state index contributed by atoms with van der Waals surface area (Å²) in [7, 11) is 0. The lowest BCUT2D eigenvalue weighted by atomic mass is 10.2. The summed E-state index contributed by atoms with van der Waals surface area (Å²) >= 11 is 1.82. The van der Waals surface area contributed by atoms with E-state index < -0.39 is 0 Å². The number of anilines is 1. The van der Waals surface area contributed by atoms with Crippen LogP contribution in [-0.4, -0.2) is 23.1 Å². The number of hydrogen-bond donors (Lipinski definition) is 0. The van der Waals surface area contributed by atoms with Crippen LogP contribution in [0.3, 0.4) is 0 Å². The van der Waals surface area contributed by atoms with Gasteiger partial charge in [-0.25, -0.2) is 9.97 Å². The molecular weight excluding hydrogens is 254 g/mol. The van der Waals surface area contributed by atoms with E-state index in [2.05, 4.69) is 22.9 Å². The zero-order valence-corrected chi connectivity index (χ0v) is 12.6. The highest BCUT2D eigenvalue weighted by molar-refractivity contribution is 7.18. The minimum Gasteiger partial charge on any atom is -0.356 e. The molecule has 0 atom stereocenters. The molecule has 19 heavy (non-hydrogen) atoms. The summed E-state index contributed by atoms with van der Waals surface area (Å²) in [5, 5.41) is 1.26. The third-order valence-electron chi connectivity index (χ3n) is 3.79. The minimum atomic E-state index is 0.899. The molecule has 0 saturated carbocycles. The fourth-order valence-corrected chi connectivity index (χ4v) is 3.77. The van der Waals surface area contributed by atoms with Crippen LogP contribution in [0.25, 0.3) is 10.2 Å². The Kier molecular flexibility index (Phi) is 3.69. The molecule has 2 aromatic rings.